The standard InChI is InChI=1S/C10H7N3O/c14-8-2-4-11-9-6-1-3-12-10(6)13-5-7(8)9/h1-5H,(H,11,14)(H,12,13). The lowest BCUT2D eigenvalue weighted by Gasteiger charge is -1.96. The molecule has 0 saturated carbocycles. The van der Waals surface area contributed by atoms with Gasteiger partial charge in [-0.2, -0.15) is 0 Å². The number of rotatable bonds is 0. The van der Waals surface area contributed by atoms with Crippen LogP contribution in [0.5, 0.6) is 0 Å². The summed E-state index contributed by atoms with van der Waals surface area (Å²) in [6, 6.07) is 3.41. The van der Waals surface area contributed by atoms with Gasteiger partial charge in [0.2, 0.25) is 0 Å². The van der Waals surface area contributed by atoms with Crippen LogP contribution in [-0.4, -0.2) is 15.0 Å². The molecule has 0 aliphatic rings. The fourth-order valence-electron chi connectivity index (χ4n) is 1.64. The minimum absolute atomic E-state index is 0.00523. The third-order valence-corrected chi connectivity index (χ3v) is 2.31. The van der Waals surface area contributed by atoms with E-state index in [2.05, 4.69) is 15.0 Å². The molecular formula is C10H7N3O. The van der Waals surface area contributed by atoms with Gasteiger partial charge in [0.05, 0.1) is 10.9 Å². The van der Waals surface area contributed by atoms with Crippen molar-refractivity contribution in [2.24, 2.45) is 0 Å². The van der Waals surface area contributed by atoms with Crippen molar-refractivity contribution in [3.05, 3.63) is 40.9 Å². The third kappa shape index (κ3) is 0.821. The number of pyridine rings is 2. The molecule has 0 aliphatic carbocycles. The van der Waals surface area contributed by atoms with E-state index in [0.29, 0.717) is 5.39 Å². The van der Waals surface area contributed by atoms with Gasteiger partial charge in [0.25, 0.3) is 0 Å². The summed E-state index contributed by atoms with van der Waals surface area (Å²) in [5.74, 6) is 0. The number of hydrogen-bond acceptors (Lipinski definition) is 2. The molecule has 0 bridgehead atoms. The number of fused-ring (bicyclic) bond motifs is 3. The van der Waals surface area contributed by atoms with Crippen LogP contribution in [0.15, 0.2) is 35.5 Å². The Kier molecular flexibility index (Phi) is 1.28. The quantitative estimate of drug-likeness (QED) is 0.556. The van der Waals surface area contributed by atoms with Crippen molar-refractivity contribution in [1.29, 1.82) is 0 Å². The van der Waals surface area contributed by atoms with Crippen molar-refractivity contribution >= 4 is 21.9 Å². The predicted octanol–water partition coefficient (Wildman–Crippen LogP) is 1.40. The zero-order valence-electron chi connectivity index (χ0n) is 7.24. The fourth-order valence-corrected chi connectivity index (χ4v) is 1.64. The topological polar surface area (TPSA) is 61.5 Å². The minimum atomic E-state index is -0.00523. The van der Waals surface area contributed by atoms with Gasteiger partial charge in [0, 0.05) is 30.0 Å². The highest BCUT2D eigenvalue weighted by atomic mass is 16.1. The first-order valence-electron chi connectivity index (χ1n) is 4.30. The second-order valence-corrected chi connectivity index (χ2v) is 3.13. The van der Waals surface area contributed by atoms with E-state index in [4.69, 9.17) is 0 Å². The highest BCUT2D eigenvalue weighted by molar-refractivity contribution is 6.01. The van der Waals surface area contributed by atoms with Crippen molar-refractivity contribution in [2.45, 2.75) is 0 Å². The molecule has 3 aromatic rings. The molecule has 0 aromatic carbocycles. The van der Waals surface area contributed by atoms with E-state index in [9.17, 15) is 4.79 Å². The van der Waals surface area contributed by atoms with Gasteiger partial charge in [-0.05, 0) is 6.07 Å². The van der Waals surface area contributed by atoms with Crippen LogP contribution in [0.4, 0.5) is 0 Å². The van der Waals surface area contributed by atoms with Crippen molar-refractivity contribution in [2.75, 3.05) is 0 Å². The summed E-state index contributed by atoms with van der Waals surface area (Å²) in [5.41, 5.74) is 1.62. The average Bonchev–Trinajstić information content (AvgIpc) is 2.66. The minimum Gasteiger partial charge on any atom is -0.360 e. The molecule has 0 amide bonds. The molecule has 3 rings (SSSR count). The zero-order chi connectivity index (χ0) is 9.54. The van der Waals surface area contributed by atoms with Crippen LogP contribution in [0.25, 0.3) is 21.9 Å². The van der Waals surface area contributed by atoms with E-state index in [1.54, 1.807) is 12.4 Å². The maximum Gasteiger partial charge on any atom is 0.190 e. The first kappa shape index (κ1) is 7.32. The second kappa shape index (κ2) is 2.45. The number of aromatic nitrogens is 3. The van der Waals surface area contributed by atoms with Gasteiger partial charge in [-0.15, -0.1) is 0 Å². The Bertz CT molecular complexity index is 665. The van der Waals surface area contributed by atoms with Gasteiger partial charge < -0.3 is 9.97 Å². The van der Waals surface area contributed by atoms with E-state index in [-0.39, 0.29) is 5.43 Å². The number of H-pyrrole nitrogens is 2. The maximum absolute atomic E-state index is 11.5. The molecule has 2 N–H and O–H groups in total. The normalized spacial score (nSPS) is 11.1. The van der Waals surface area contributed by atoms with Crippen LogP contribution < -0.4 is 5.43 Å². The van der Waals surface area contributed by atoms with Gasteiger partial charge in [-0.3, -0.25) is 4.79 Å². The zero-order valence-corrected chi connectivity index (χ0v) is 7.24. The van der Waals surface area contributed by atoms with E-state index >= 15 is 0 Å². The summed E-state index contributed by atoms with van der Waals surface area (Å²) < 4.78 is 0. The molecular weight excluding hydrogens is 178 g/mol. The monoisotopic (exact) mass is 185 g/mol. The lowest BCUT2D eigenvalue weighted by molar-refractivity contribution is 1.32. The molecule has 0 radical (unpaired) electrons. The molecule has 0 atom stereocenters. The highest BCUT2D eigenvalue weighted by Gasteiger charge is 2.03. The predicted molar refractivity (Wildman–Crippen MR) is 54.2 cm³/mol. The number of hydrogen-bond donors (Lipinski definition) is 2. The lowest BCUT2D eigenvalue weighted by Crippen LogP contribution is -2.00. The molecule has 0 aliphatic heterocycles. The summed E-state index contributed by atoms with van der Waals surface area (Å²) >= 11 is 0. The molecule has 3 heterocycles. The van der Waals surface area contributed by atoms with Crippen molar-refractivity contribution in [1.82, 2.24) is 15.0 Å². The Labute approximate surface area is 78.6 Å². The van der Waals surface area contributed by atoms with Crippen molar-refractivity contribution < 1.29 is 0 Å². The summed E-state index contributed by atoms with van der Waals surface area (Å²) in [5, 5.41) is 1.57. The molecule has 68 valence electrons. The first-order chi connectivity index (χ1) is 6.86. The van der Waals surface area contributed by atoms with Crippen LogP contribution >= 0.6 is 0 Å². The Hall–Kier alpha value is -2.10. The number of nitrogens with one attached hydrogen (secondary N) is 2. The van der Waals surface area contributed by atoms with Crippen LogP contribution in [0.3, 0.4) is 0 Å². The van der Waals surface area contributed by atoms with E-state index in [0.717, 1.165) is 16.6 Å². The van der Waals surface area contributed by atoms with Crippen LogP contribution in [0.1, 0.15) is 0 Å². The van der Waals surface area contributed by atoms with E-state index in [1.807, 2.05) is 12.3 Å². The molecule has 3 aromatic heterocycles. The molecule has 0 spiro atoms. The Morgan fingerprint density at radius 2 is 1.93 bits per heavy atom. The lowest BCUT2D eigenvalue weighted by atomic mass is 10.2. The molecule has 4 nitrogen and oxygen atoms in total. The van der Waals surface area contributed by atoms with Gasteiger partial charge >= 0.3 is 0 Å². The molecule has 14 heavy (non-hydrogen) atoms. The second-order valence-electron chi connectivity index (χ2n) is 3.13. The Morgan fingerprint density at radius 1 is 1.07 bits per heavy atom. The van der Waals surface area contributed by atoms with E-state index < -0.39 is 0 Å². The average molecular weight is 185 g/mol. The van der Waals surface area contributed by atoms with Gasteiger partial charge in [-0.25, -0.2) is 4.98 Å². The Morgan fingerprint density at radius 3 is 2.86 bits per heavy atom. The molecule has 4 heteroatoms. The smallest absolute Gasteiger partial charge is 0.190 e. The number of aromatic amines is 2. The Balaban J connectivity index is 2.71. The highest BCUT2D eigenvalue weighted by Crippen LogP contribution is 2.17. The van der Waals surface area contributed by atoms with Gasteiger partial charge in [0.1, 0.15) is 5.65 Å². The maximum atomic E-state index is 11.5. The van der Waals surface area contributed by atoms with Crippen molar-refractivity contribution in [3.63, 3.8) is 0 Å². The van der Waals surface area contributed by atoms with Crippen molar-refractivity contribution in [3.8, 4) is 0 Å². The van der Waals surface area contributed by atoms with Gasteiger partial charge in [-0.1, -0.05) is 0 Å². The van der Waals surface area contributed by atoms with Gasteiger partial charge in [0.15, 0.2) is 5.43 Å². The fraction of sp³-hybridized carbons (Fsp3) is 0. The molecule has 0 fully saturated rings. The first-order valence-corrected chi connectivity index (χ1v) is 4.30. The van der Waals surface area contributed by atoms with E-state index in [1.165, 1.54) is 6.07 Å². The third-order valence-electron chi connectivity index (χ3n) is 2.31. The van der Waals surface area contributed by atoms with Crippen LogP contribution in [0, 0.1) is 0 Å². The SMILES string of the molecule is O=c1cc[nH]c2c1cnc1[nH]ccc12. The van der Waals surface area contributed by atoms with Crippen LogP contribution in [0.2, 0.25) is 0 Å². The largest absolute Gasteiger partial charge is 0.360 e. The number of nitrogens with zero attached hydrogens (tertiary/aromatic N) is 1. The summed E-state index contributed by atoms with van der Waals surface area (Å²) in [4.78, 5) is 21.7. The summed E-state index contributed by atoms with van der Waals surface area (Å²) in [6.45, 7) is 0. The van der Waals surface area contributed by atoms with Crippen LogP contribution in [-0.2, 0) is 0 Å². The summed E-state index contributed by atoms with van der Waals surface area (Å²) in [6.07, 6.45) is 5.05. The summed E-state index contributed by atoms with van der Waals surface area (Å²) in [7, 11) is 0. The molecule has 0 unspecified atom stereocenters. The molecule has 0 saturated heterocycles.